The summed E-state index contributed by atoms with van der Waals surface area (Å²) < 4.78 is 12.8. The van der Waals surface area contributed by atoms with Gasteiger partial charge in [0.1, 0.15) is 5.67 Å². The van der Waals surface area contributed by atoms with Crippen LogP contribution in [0.1, 0.15) is 99.8 Å². The van der Waals surface area contributed by atoms with Crippen LogP contribution in [0.3, 0.4) is 0 Å². The molecule has 2 rings (SSSR count). The molecule has 0 aromatic rings. The van der Waals surface area contributed by atoms with Gasteiger partial charge in [0.05, 0.1) is 0 Å². The fraction of sp³-hybridized carbons (Fsp3) is 0.905. The first-order chi connectivity index (χ1) is 10.2. The lowest BCUT2D eigenvalue weighted by Crippen LogP contribution is -2.23. The molecule has 2 aliphatic rings. The van der Waals surface area contributed by atoms with E-state index < -0.39 is 5.67 Å². The van der Waals surface area contributed by atoms with Crippen molar-refractivity contribution in [2.24, 2.45) is 17.3 Å². The minimum Gasteiger partial charge on any atom is -0.239 e. The van der Waals surface area contributed by atoms with Gasteiger partial charge >= 0.3 is 0 Å². The van der Waals surface area contributed by atoms with E-state index in [1.54, 1.807) is 26.7 Å². The predicted molar refractivity (Wildman–Crippen MR) is 99.0 cm³/mol. The zero-order valence-corrected chi connectivity index (χ0v) is 16.4. The van der Waals surface area contributed by atoms with E-state index in [0.717, 1.165) is 11.8 Å². The van der Waals surface area contributed by atoms with Gasteiger partial charge in [-0.25, -0.2) is 4.39 Å². The first-order valence-electron chi connectivity index (χ1n) is 9.60. The van der Waals surface area contributed by atoms with E-state index in [9.17, 15) is 4.39 Å². The Bertz CT molecular complexity index is 318. The zero-order valence-electron chi connectivity index (χ0n) is 16.4. The largest absolute Gasteiger partial charge is 0.239 e. The average Bonchev–Trinajstić information content (AvgIpc) is 2.92. The van der Waals surface area contributed by atoms with Gasteiger partial charge in [-0.1, -0.05) is 66.9 Å². The van der Waals surface area contributed by atoms with Gasteiger partial charge in [-0.3, -0.25) is 0 Å². The molecule has 2 bridgehead atoms. The maximum absolute atomic E-state index is 12.8. The molecule has 0 N–H and O–H groups in total. The lowest BCUT2D eigenvalue weighted by Gasteiger charge is -2.34. The molecule has 4 atom stereocenters. The van der Waals surface area contributed by atoms with E-state index in [1.165, 1.54) is 32.1 Å². The Balaban J connectivity index is 0.000000388. The second kappa shape index (κ2) is 9.73. The molecular weight excluding hydrogens is 271 g/mol. The number of halogens is 1. The van der Waals surface area contributed by atoms with Crippen molar-refractivity contribution in [1.29, 1.82) is 0 Å². The molecule has 0 aromatic heterocycles. The van der Waals surface area contributed by atoms with Crippen LogP contribution in [0, 0.1) is 17.3 Å². The second-order valence-corrected chi connectivity index (χ2v) is 7.61. The summed E-state index contributed by atoms with van der Waals surface area (Å²) in [6.45, 7) is 17.5. The summed E-state index contributed by atoms with van der Waals surface area (Å²) in [6, 6.07) is 0. The number of fused-ring (bicyclic) bond motifs is 2. The lowest BCUT2D eigenvalue weighted by atomic mass is 9.72. The third kappa shape index (κ3) is 6.05. The van der Waals surface area contributed by atoms with Gasteiger partial charge in [0.15, 0.2) is 0 Å². The van der Waals surface area contributed by atoms with Crippen molar-refractivity contribution < 1.29 is 4.39 Å². The summed E-state index contributed by atoms with van der Waals surface area (Å²) in [5.41, 5.74) is 0.172. The van der Waals surface area contributed by atoms with Crippen LogP contribution in [0.2, 0.25) is 0 Å². The van der Waals surface area contributed by atoms with Gasteiger partial charge < -0.3 is 0 Å². The molecule has 0 aromatic carbocycles. The third-order valence-electron chi connectivity index (χ3n) is 6.25. The average molecular weight is 313 g/mol. The van der Waals surface area contributed by atoms with Gasteiger partial charge in [0.2, 0.25) is 0 Å². The van der Waals surface area contributed by atoms with Gasteiger partial charge in [-0.15, -0.1) is 0 Å². The highest BCUT2D eigenvalue weighted by Crippen LogP contribution is 2.51. The molecule has 22 heavy (non-hydrogen) atoms. The quantitative estimate of drug-likeness (QED) is 0.468. The minimum absolute atomic E-state index is 0.516. The molecule has 0 amide bonds. The maximum Gasteiger partial charge on any atom is 0.128 e. The molecule has 0 spiro atoms. The molecule has 0 aliphatic heterocycles. The Labute approximate surface area is 140 Å². The van der Waals surface area contributed by atoms with Crippen LogP contribution in [-0.4, -0.2) is 5.67 Å². The van der Waals surface area contributed by atoms with E-state index in [2.05, 4.69) is 20.4 Å². The molecule has 0 radical (unpaired) electrons. The second-order valence-electron chi connectivity index (χ2n) is 7.61. The number of hydrogen-bond donors (Lipinski definition) is 0. The van der Waals surface area contributed by atoms with Crippen molar-refractivity contribution in [3.8, 4) is 0 Å². The van der Waals surface area contributed by atoms with Gasteiger partial charge in [-0.2, -0.15) is 0 Å². The van der Waals surface area contributed by atoms with Gasteiger partial charge in [0, 0.05) is 0 Å². The van der Waals surface area contributed by atoms with Crippen molar-refractivity contribution >= 4 is 0 Å². The lowest BCUT2D eigenvalue weighted by molar-refractivity contribution is 0.168. The molecular formula is C21H41F. The van der Waals surface area contributed by atoms with Gasteiger partial charge in [0.25, 0.3) is 0 Å². The fourth-order valence-corrected chi connectivity index (χ4v) is 3.74. The SMILES string of the molecule is C=C(C)C(C)(F)CC.CC.CCC1(C)CCCC2CCC1C2. The van der Waals surface area contributed by atoms with Gasteiger partial charge in [-0.05, 0) is 62.4 Å². The Morgan fingerprint density at radius 3 is 2.23 bits per heavy atom. The Hall–Kier alpha value is -0.330. The molecule has 1 heteroatoms. The van der Waals surface area contributed by atoms with Crippen LogP contribution in [0.5, 0.6) is 0 Å². The van der Waals surface area contributed by atoms with E-state index in [4.69, 9.17) is 0 Å². The molecule has 132 valence electrons. The Morgan fingerprint density at radius 2 is 1.82 bits per heavy atom. The third-order valence-corrected chi connectivity index (χ3v) is 6.25. The highest BCUT2D eigenvalue weighted by molar-refractivity contribution is 5.06. The summed E-state index contributed by atoms with van der Waals surface area (Å²) in [7, 11) is 0. The van der Waals surface area contributed by atoms with E-state index in [1.807, 2.05) is 20.8 Å². The number of hydrogen-bond acceptors (Lipinski definition) is 0. The monoisotopic (exact) mass is 312 g/mol. The van der Waals surface area contributed by atoms with Crippen molar-refractivity contribution in [3.63, 3.8) is 0 Å². The summed E-state index contributed by atoms with van der Waals surface area (Å²) >= 11 is 0. The topological polar surface area (TPSA) is 0 Å². The van der Waals surface area contributed by atoms with Crippen LogP contribution >= 0.6 is 0 Å². The zero-order chi connectivity index (χ0) is 17.4. The summed E-state index contributed by atoms with van der Waals surface area (Å²) in [5, 5.41) is 0. The molecule has 0 heterocycles. The van der Waals surface area contributed by atoms with Crippen molar-refractivity contribution in [3.05, 3.63) is 12.2 Å². The predicted octanol–water partition coefficient (Wildman–Crippen LogP) is 7.73. The first kappa shape index (κ1) is 21.7. The van der Waals surface area contributed by atoms with E-state index in [-0.39, 0.29) is 0 Å². The molecule has 2 fully saturated rings. The number of rotatable bonds is 3. The standard InChI is InChI=1S/C12H22.C7H13F.C2H6/c1-3-12(2)8-4-5-10-6-7-11(12)9-10;1-5-7(4,8)6(2)3;1-2/h10-11H,3-9H2,1-2H3;2,5H2,1,3-4H3;1-2H3. The molecule has 4 unspecified atom stereocenters. The van der Waals surface area contributed by atoms with Crippen LogP contribution in [-0.2, 0) is 0 Å². The molecule has 2 saturated carbocycles. The normalized spacial score (nSPS) is 32.5. The molecule has 0 nitrogen and oxygen atoms in total. The maximum atomic E-state index is 12.8. The van der Waals surface area contributed by atoms with Crippen molar-refractivity contribution in [1.82, 2.24) is 0 Å². The molecule has 2 aliphatic carbocycles. The van der Waals surface area contributed by atoms with Crippen molar-refractivity contribution in [2.75, 3.05) is 0 Å². The summed E-state index contributed by atoms with van der Waals surface area (Å²) in [5.74, 6) is 2.19. The highest BCUT2D eigenvalue weighted by atomic mass is 19.1. The molecule has 0 saturated heterocycles. The Kier molecular flexibility index (Phi) is 9.58. The first-order valence-corrected chi connectivity index (χ1v) is 9.60. The number of alkyl halides is 1. The van der Waals surface area contributed by atoms with Crippen LogP contribution in [0.4, 0.5) is 4.39 Å². The van der Waals surface area contributed by atoms with E-state index >= 15 is 0 Å². The highest BCUT2D eigenvalue weighted by Gasteiger charge is 2.39. The van der Waals surface area contributed by atoms with Crippen LogP contribution < -0.4 is 0 Å². The number of allylic oxidation sites excluding steroid dienone is 1. The summed E-state index contributed by atoms with van der Waals surface area (Å²) in [4.78, 5) is 0. The van der Waals surface area contributed by atoms with Crippen molar-refractivity contribution in [2.45, 2.75) is 106 Å². The fourth-order valence-electron chi connectivity index (χ4n) is 3.74. The van der Waals surface area contributed by atoms with Crippen LogP contribution in [0.15, 0.2) is 12.2 Å². The van der Waals surface area contributed by atoms with Crippen LogP contribution in [0.25, 0.3) is 0 Å². The van der Waals surface area contributed by atoms with E-state index in [0.29, 0.717) is 17.4 Å². The summed E-state index contributed by atoms with van der Waals surface area (Å²) in [6.07, 6.45) is 11.1. The smallest absolute Gasteiger partial charge is 0.128 e. The minimum atomic E-state index is -1.15. The Morgan fingerprint density at radius 1 is 1.23 bits per heavy atom.